The smallest absolute Gasteiger partial charge is 0.359 e. The van der Waals surface area contributed by atoms with Crippen molar-refractivity contribution in [3.63, 3.8) is 0 Å². The average molecular weight is 460 g/mol. The SMILES string of the molecule is COC(=O)c1n[nH]c(-c2c(OC)cccc2OC)c1-c1ccc(CNC(C)=O)c2ccccc12. The molecule has 34 heavy (non-hydrogen) atoms. The largest absolute Gasteiger partial charge is 0.496 e. The Morgan fingerprint density at radius 3 is 2.18 bits per heavy atom. The highest BCUT2D eigenvalue weighted by molar-refractivity contribution is 6.08. The molecular formula is C26H25N3O5. The summed E-state index contributed by atoms with van der Waals surface area (Å²) in [5, 5.41) is 12.0. The van der Waals surface area contributed by atoms with Crippen molar-refractivity contribution in [3.05, 3.63) is 65.9 Å². The number of carbonyl (C=O) groups excluding carboxylic acids is 2. The number of nitrogens with one attached hydrogen (secondary N) is 2. The molecule has 0 saturated heterocycles. The predicted octanol–water partition coefficient (Wildman–Crippen LogP) is 4.34. The number of H-pyrrole nitrogens is 1. The van der Waals surface area contributed by atoms with Crippen molar-refractivity contribution in [2.24, 2.45) is 0 Å². The first kappa shape index (κ1) is 22.8. The number of carbonyl (C=O) groups is 2. The van der Waals surface area contributed by atoms with Crippen LogP contribution in [0.5, 0.6) is 11.5 Å². The molecule has 8 heteroatoms. The molecule has 4 aromatic rings. The summed E-state index contributed by atoms with van der Waals surface area (Å²) in [5.74, 6) is 0.443. The van der Waals surface area contributed by atoms with Gasteiger partial charge in [0.15, 0.2) is 5.69 Å². The lowest BCUT2D eigenvalue weighted by Crippen LogP contribution is -2.19. The molecule has 0 radical (unpaired) electrons. The Morgan fingerprint density at radius 2 is 1.56 bits per heavy atom. The lowest BCUT2D eigenvalue weighted by atomic mass is 9.91. The zero-order valence-electron chi connectivity index (χ0n) is 19.4. The molecule has 0 aliphatic rings. The normalized spacial score (nSPS) is 10.7. The Labute approximate surface area is 196 Å². The minimum atomic E-state index is -0.572. The second-order valence-electron chi connectivity index (χ2n) is 7.58. The number of aromatic nitrogens is 2. The van der Waals surface area contributed by atoms with Crippen LogP contribution in [0.2, 0.25) is 0 Å². The minimum absolute atomic E-state index is 0.110. The van der Waals surface area contributed by atoms with E-state index in [0.29, 0.717) is 34.9 Å². The molecule has 0 atom stereocenters. The second kappa shape index (κ2) is 9.66. The quantitative estimate of drug-likeness (QED) is 0.399. The van der Waals surface area contributed by atoms with Crippen LogP contribution in [0.25, 0.3) is 33.2 Å². The molecule has 0 saturated carbocycles. The third-order valence-electron chi connectivity index (χ3n) is 5.63. The number of esters is 1. The van der Waals surface area contributed by atoms with E-state index in [-0.39, 0.29) is 11.6 Å². The topological polar surface area (TPSA) is 103 Å². The van der Waals surface area contributed by atoms with Gasteiger partial charge in [-0.2, -0.15) is 5.10 Å². The van der Waals surface area contributed by atoms with Crippen LogP contribution in [-0.4, -0.2) is 43.4 Å². The van der Waals surface area contributed by atoms with Gasteiger partial charge in [0.1, 0.15) is 11.5 Å². The van der Waals surface area contributed by atoms with Crippen LogP contribution in [0.1, 0.15) is 23.0 Å². The minimum Gasteiger partial charge on any atom is -0.496 e. The van der Waals surface area contributed by atoms with E-state index in [2.05, 4.69) is 15.5 Å². The van der Waals surface area contributed by atoms with Gasteiger partial charge in [-0.3, -0.25) is 9.89 Å². The molecule has 1 heterocycles. The zero-order chi connectivity index (χ0) is 24.2. The molecule has 0 fully saturated rings. The number of hydrogen-bond acceptors (Lipinski definition) is 6. The van der Waals surface area contributed by atoms with Crippen LogP contribution in [0.15, 0.2) is 54.6 Å². The molecule has 0 bridgehead atoms. The van der Waals surface area contributed by atoms with E-state index >= 15 is 0 Å². The van der Waals surface area contributed by atoms with Gasteiger partial charge in [0.2, 0.25) is 5.91 Å². The fourth-order valence-electron chi connectivity index (χ4n) is 4.08. The number of nitrogens with zero attached hydrogens (tertiary/aromatic N) is 1. The van der Waals surface area contributed by atoms with Gasteiger partial charge in [0, 0.05) is 19.0 Å². The van der Waals surface area contributed by atoms with Crippen molar-refractivity contribution in [3.8, 4) is 33.9 Å². The number of benzene rings is 3. The maximum atomic E-state index is 12.7. The van der Waals surface area contributed by atoms with Gasteiger partial charge in [0.25, 0.3) is 0 Å². The van der Waals surface area contributed by atoms with Crippen molar-refractivity contribution in [2.45, 2.75) is 13.5 Å². The molecule has 0 aliphatic heterocycles. The highest BCUT2D eigenvalue weighted by Gasteiger charge is 2.27. The summed E-state index contributed by atoms with van der Waals surface area (Å²) in [5.41, 5.74) is 3.64. The number of rotatable bonds is 7. The van der Waals surface area contributed by atoms with Crippen molar-refractivity contribution >= 4 is 22.6 Å². The number of methoxy groups -OCH3 is 3. The fraction of sp³-hybridized carbons (Fsp3) is 0.192. The number of amides is 1. The third-order valence-corrected chi connectivity index (χ3v) is 5.63. The molecule has 174 valence electrons. The van der Waals surface area contributed by atoms with Crippen molar-refractivity contribution in [2.75, 3.05) is 21.3 Å². The maximum absolute atomic E-state index is 12.7. The van der Waals surface area contributed by atoms with Crippen LogP contribution in [0.3, 0.4) is 0 Å². The summed E-state index contributed by atoms with van der Waals surface area (Å²) in [6.07, 6.45) is 0. The van der Waals surface area contributed by atoms with E-state index in [1.54, 1.807) is 14.2 Å². The van der Waals surface area contributed by atoms with Crippen LogP contribution in [-0.2, 0) is 16.1 Å². The van der Waals surface area contributed by atoms with E-state index < -0.39 is 5.97 Å². The van der Waals surface area contributed by atoms with Gasteiger partial charge in [-0.1, -0.05) is 42.5 Å². The summed E-state index contributed by atoms with van der Waals surface area (Å²) in [6, 6.07) is 17.1. The molecular weight excluding hydrogens is 434 g/mol. The third kappa shape index (κ3) is 4.05. The van der Waals surface area contributed by atoms with Crippen molar-refractivity contribution < 1.29 is 23.8 Å². The molecule has 0 unspecified atom stereocenters. The molecule has 1 aromatic heterocycles. The van der Waals surface area contributed by atoms with Gasteiger partial charge < -0.3 is 19.5 Å². The standard InChI is InChI=1S/C26H25N3O5/c1-15(30)27-14-16-12-13-19(18-9-6-5-8-17(16)18)22-24(28-29-25(22)26(31)34-4)23-20(32-2)10-7-11-21(23)33-3/h5-13H,14H2,1-4H3,(H,27,30)(H,28,29). The average Bonchev–Trinajstić information content (AvgIpc) is 3.30. The number of ether oxygens (including phenoxy) is 3. The van der Waals surface area contributed by atoms with Crippen LogP contribution in [0.4, 0.5) is 0 Å². The summed E-state index contributed by atoms with van der Waals surface area (Å²) >= 11 is 0. The van der Waals surface area contributed by atoms with E-state index in [9.17, 15) is 9.59 Å². The van der Waals surface area contributed by atoms with Gasteiger partial charge >= 0.3 is 5.97 Å². The van der Waals surface area contributed by atoms with Gasteiger partial charge in [-0.25, -0.2) is 4.79 Å². The van der Waals surface area contributed by atoms with Gasteiger partial charge in [-0.05, 0) is 34.0 Å². The number of fused-ring (bicyclic) bond motifs is 1. The van der Waals surface area contributed by atoms with Crippen molar-refractivity contribution in [1.82, 2.24) is 15.5 Å². The molecule has 0 aliphatic carbocycles. The first-order valence-electron chi connectivity index (χ1n) is 10.6. The van der Waals surface area contributed by atoms with Gasteiger partial charge in [0.05, 0.1) is 32.6 Å². The Hall–Kier alpha value is -4.33. The summed E-state index contributed by atoms with van der Waals surface area (Å²) in [6.45, 7) is 1.87. The predicted molar refractivity (Wildman–Crippen MR) is 129 cm³/mol. The highest BCUT2D eigenvalue weighted by atomic mass is 16.5. The number of aromatic amines is 1. The first-order valence-corrected chi connectivity index (χ1v) is 10.6. The lowest BCUT2D eigenvalue weighted by molar-refractivity contribution is -0.119. The molecule has 8 nitrogen and oxygen atoms in total. The maximum Gasteiger partial charge on any atom is 0.359 e. The van der Waals surface area contributed by atoms with Crippen molar-refractivity contribution in [1.29, 1.82) is 0 Å². The molecule has 2 N–H and O–H groups in total. The van der Waals surface area contributed by atoms with Crippen LogP contribution < -0.4 is 14.8 Å². The second-order valence-corrected chi connectivity index (χ2v) is 7.58. The Balaban J connectivity index is 2.03. The molecule has 4 rings (SSSR count). The Bertz CT molecular complexity index is 1350. The highest BCUT2D eigenvalue weighted by Crippen LogP contribution is 2.45. The Morgan fingerprint density at radius 1 is 0.882 bits per heavy atom. The summed E-state index contributed by atoms with van der Waals surface area (Å²) in [7, 11) is 4.46. The molecule has 1 amide bonds. The molecule has 0 spiro atoms. The number of hydrogen-bond donors (Lipinski definition) is 2. The zero-order valence-corrected chi connectivity index (χ0v) is 19.4. The fourth-order valence-corrected chi connectivity index (χ4v) is 4.08. The van der Waals surface area contributed by atoms with E-state index in [4.69, 9.17) is 14.2 Å². The van der Waals surface area contributed by atoms with E-state index in [0.717, 1.165) is 21.9 Å². The van der Waals surface area contributed by atoms with E-state index in [1.807, 2.05) is 54.6 Å². The monoisotopic (exact) mass is 459 g/mol. The summed E-state index contributed by atoms with van der Waals surface area (Å²) < 4.78 is 16.2. The Kier molecular flexibility index (Phi) is 6.49. The summed E-state index contributed by atoms with van der Waals surface area (Å²) in [4.78, 5) is 24.2. The van der Waals surface area contributed by atoms with Crippen LogP contribution in [0, 0.1) is 0 Å². The van der Waals surface area contributed by atoms with Crippen LogP contribution >= 0.6 is 0 Å². The molecule has 3 aromatic carbocycles. The van der Waals surface area contributed by atoms with Gasteiger partial charge in [-0.15, -0.1) is 0 Å². The van der Waals surface area contributed by atoms with E-state index in [1.165, 1.54) is 14.0 Å². The lowest BCUT2D eigenvalue weighted by Gasteiger charge is -2.16. The first-order chi connectivity index (χ1) is 16.5.